The van der Waals surface area contributed by atoms with E-state index in [9.17, 15) is 18.5 Å². The van der Waals surface area contributed by atoms with E-state index < -0.39 is 15.9 Å². The van der Waals surface area contributed by atoms with Gasteiger partial charge in [0, 0.05) is 24.8 Å². The number of carbonyl (C=O) groups excluding carboxylic acids is 1. The molecule has 7 heteroatoms. The summed E-state index contributed by atoms with van der Waals surface area (Å²) in [5.74, 6) is -1.44. The minimum atomic E-state index is -3.63. The molecule has 0 saturated heterocycles. The molecule has 0 aliphatic rings. The number of nitrogens with zero attached hydrogens (tertiary/aromatic N) is 3. The van der Waals surface area contributed by atoms with Crippen molar-refractivity contribution in [2.75, 3.05) is 13.1 Å². The lowest BCUT2D eigenvalue weighted by atomic mass is 9.93. The summed E-state index contributed by atoms with van der Waals surface area (Å²) in [7, 11) is -3.63. The molecule has 0 unspecified atom stereocenters. The zero-order valence-corrected chi connectivity index (χ0v) is 16.7. The molecule has 2 aromatic rings. The first kappa shape index (κ1) is 20.7. The topological polar surface area (TPSA) is 91.1 Å². The van der Waals surface area contributed by atoms with E-state index in [-0.39, 0.29) is 16.4 Å². The maximum absolute atomic E-state index is 12.7. The molecule has 0 aliphatic heterocycles. The molecule has 0 N–H and O–H groups in total. The second-order valence-corrected chi connectivity index (χ2v) is 8.17. The Morgan fingerprint density at radius 3 is 2.30 bits per heavy atom. The van der Waals surface area contributed by atoms with Gasteiger partial charge >= 0.3 is 0 Å². The minimum absolute atomic E-state index is 0.0465. The van der Waals surface area contributed by atoms with E-state index in [1.165, 1.54) is 22.6 Å². The summed E-state index contributed by atoms with van der Waals surface area (Å²) in [6.45, 7) is 8.08. The first-order chi connectivity index (χ1) is 12.8. The number of aromatic nitrogens is 1. The SMILES string of the molecule is CCN(CC)S(=O)(=O)c1ccc([C@@H](C#N)C(=O)c2ccc(C)c(C)c2)nc1. The number of ketones is 1. The number of benzene rings is 1. The van der Waals surface area contributed by atoms with E-state index in [2.05, 4.69) is 4.98 Å². The van der Waals surface area contributed by atoms with Crippen LogP contribution in [-0.2, 0) is 10.0 Å². The van der Waals surface area contributed by atoms with Crippen molar-refractivity contribution < 1.29 is 13.2 Å². The van der Waals surface area contributed by atoms with Crippen LogP contribution >= 0.6 is 0 Å². The molecule has 0 bridgehead atoms. The number of rotatable bonds is 7. The van der Waals surface area contributed by atoms with Gasteiger partial charge in [0.2, 0.25) is 10.0 Å². The zero-order valence-electron chi connectivity index (χ0n) is 15.9. The van der Waals surface area contributed by atoms with Crippen molar-refractivity contribution in [2.45, 2.75) is 38.5 Å². The second kappa shape index (κ2) is 8.42. The van der Waals surface area contributed by atoms with Crippen molar-refractivity contribution in [3.63, 3.8) is 0 Å². The van der Waals surface area contributed by atoms with Crippen LogP contribution in [0.3, 0.4) is 0 Å². The molecular weight excluding hydrogens is 362 g/mol. The van der Waals surface area contributed by atoms with Crippen molar-refractivity contribution >= 4 is 15.8 Å². The molecule has 1 atom stereocenters. The highest BCUT2D eigenvalue weighted by molar-refractivity contribution is 7.89. The Hall–Kier alpha value is -2.56. The number of Topliss-reactive ketones (excluding diaryl/α,β-unsaturated/α-hetero) is 1. The Morgan fingerprint density at radius 2 is 1.81 bits per heavy atom. The fraction of sp³-hybridized carbons (Fsp3) is 0.350. The summed E-state index contributed by atoms with van der Waals surface area (Å²) in [4.78, 5) is 16.9. The van der Waals surface area contributed by atoms with Crippen LogP contribution in [-0.4, -0.2) is 36.6 Å². The van der Waals surface area contributed by atoms with Gasteiger partial charge in [-0.3, -0.25) is 9.78 Å². The Morgan fingerprint density at radius 1 is 1.15 bits per heavy atom. The lowest BCUT2D eigenvalue weighted by molar-refractivity contribution is 0.0977. The van der Waals surface area contributed by atoms with Crippen molar-refractivity contribution in [3.8, 4) is 6.07 Å². The summed E-state index contributed by atoms with van der Waals surface area (Å²) in [5, 5.41) is 9.49. The molecule has 0 aliphatic carbocycles. The van der Waals surface area contributed by atoms with E-state index in [1.807, 2.05) is 26.0 Å². The highest BCUT2D eigenvalue weighted by atomic mass is 32.2. The van der Waals surface area contributed by atoms with Crippen LogP contribution < -0.4 is 0 Å². The average molecular weight is 385 g/mol. The van der Waals surface area contributed by atoms with Crippen LogP contribution in [0, 0.1) is 25.2 Å². The van der Waals surface area contributed by atoms with Gasteiger partial charge in [0.05, 0.1) is 11.8 Å². The third-order valence-corrected chi connectivity index (χ3v) is 6.61. The Balaban J connectivity index is 2.35. The van der Waals surface area contributed by atoms with E-state index in [0.717, 1.165) is 11.1 Å². The highest BCUT2D eigenvalue weighted by Crippen LogP contribution is 2.22. The third-order valence-electron chi connectivity index (χ3n) is 4.58. The zero-order chi connectivity index (χ0) is 20.2. The predicted octanol–water partition coefficient (Wildman–Crippen LogP) is 3.22. The summed E-state index contributed by atoms with van der Waals surface area (Å²) in [6, 6.07) is 10.1. The molecule has 0 fully saturated rings. The summed E-state index contributed by atoms with van der Waals surface area (Å²) < 4.78 is 26.4. The van der Waals surface area contributed by atoms with E-state index in [4.69, 9.17) is 0 Å². The standard InChI is InChI=1S/C20H23N3O3S/c1-5-23(6-2)27(25,26)17-9-10-19(22-13-17)18(12-21)20(24)16-8-7-14(3)15(4)11-16/h7-11,13,18H,5-6H2,1-4H3/t18-/m1/s1. The number of nitriles is 1. The number of hydrogen-bond acceptors (Lipinski definition) is 5. The van der Waals surface area contributed by atoms with Crippen molar-refractivity contribution in [3.05, 3.63) is 58.9 Å². The van der Waals surface area contributed by atoms with Crippen LogP contribution in [0.15, 0.2) is 41.4 Å². The van der Waals surface area contributed by atoms with Gasteiger partial charge in [0.15, 0.2) is 11.7 Å². The predicted molar refractivity (Wildman–Crippen MR) is 103 cm³/mol. The lowest BCUT2D eigenvalue weighted by Gasteiger charge is -2.18. The summed E-state index contributed by atoms with van der Waals surface area (Å²) >= 11 is 0. The number of carbonyl (C=O) groups is 1. The van der Waals surface area contributed by atoms with Gasteiger partial charge in [-0.15, -0.1) is 0 Å². The molecule has 0 radical (unpaired) electrons. The fourth-order valence-corrected chi connectivity index (χ4v) is 4.15. The van der Waals surface area contributed by atoms with Gasteiger partial charge in [-0.25, -0.2) is 8.42 Å². The van der Waals surface area contributed by atoms with Gasteiger partial charge in [-0.1, -0.05) is 26.0 Å². The maximum Gasteiger partial charge on any atom is 0.244 e. The quantitative estimate of drug-likeness (QED) is 0.683. The maximum atomic E-state index is 12.7. The van der Waals surface area contributed by atoms with Crippen LogP contribution in [0.2, 0.25) is 0 Å². The lowest BCUT2D eigenvalue weighted by Crippen LogP contribution is -2.30. The first-order valence-electron chi connectivity index (χ1n) is 8.73. The minimum Gasteiger partial charge on any atom is -0.292 e. The number of pyridine rings is 1. The number of sulfonamides is 1. The third kappa shape index (κ3) is 4.24. The Bertz CT molecular complexity index is 973. The van der Waals surface area contributed by atoms with Crippen molar-refractivity contribution in [2.24, 2.45) is 0 Å². The van der Waals surface area contributed by atoms with Gasteiger partial charge in [-0.2, -0.15) is 9.57 Å². The first-order valence-corrected chi connectivity index (χ1v) is 10.2. The Kier molecular flexibility index (Phi) is 6.47. The van der Waals surface area contributed by atoms with Crippen molar-refractivity contribution in [1.82, 2.24) is 9.29 Å². The molecule has 0 spiro atoms. The summed E-state index contributed by atoms with van der Waals surface area (Å²) in [6.07, 6.45) is 1.21. The summed E-state index contributed by atoms with van der Waals surface area (Å²) in [5.41, 5.74) is 2.70. The molecular formula is C20H23N3O3S. The van der Waals surface area contributed by atoms with Crippen LogP contribution in [0.25, 0.3) is 0 Å². The van der Waals surface area contributed by atoms with E-state index in [1.54, 1.807) is 26.0 Å². The second-order valence-electron chi connectivity index (χ2n) is 6.23. The number of hydrogen-bond donors (Lipinski definition) is 0. The average Bonchev–Trinajstić information content (AvgIpc) is 2.65. The van der Waals surface area contributed by atoms with Gasteiger partial charge < -0.3 is 0 Å². The molecule has 1 aromatic carbocycles. The smallest absolute Gasteiger partial charge is 0.244 e. The van der Waals surface area contributed by atoms with Crippen LogP contribution in [0.1, 0.15) is 46.9 Å². The molecule has 6 nitrogen and oxygen atoms in total. The molecule has 1 heterocycles. The molecule has 2 rings (SSSR count). The monoisotopic (exact) mass is 385 g/mol. The van der Waals surface area contributed by atoms with Crippen LogP contribution in [0.4, 0.5) is 0 Å². The fourth-order valence-electron chi connectivity index (χ4n) is 2.75. The highest BCUT2D eigenvalue weighted by Gasteiger charge is 2.26. The molecule has 142 valence electrons. The molecule has 27 heavy (non-hydrogen) atoms. The molecule has 0 saturated carbocycles. The van der Waals surface area contributed by atoms with E-state index >= 15 is 0 Å². The normalized spacial score (nSPS) is 12.6. The largest absolute Gasteiger partial charge is 0.292 e. The Labute approximate surface area is 160 Å². The number of aryl methyl sites for hydroxylation is 2. The van der Waals surface area contributed by atoms with Gasteiger partial charge in [-0.05, 0) is 43.2 Å². The van der Waals surface area contributed by atoms with Crippen LogP contribution in [0.5, 0.6) is 0 Å². The van der Waals surface area contributed by atoms with E-state index in [0.29, 0.717) is 18.7 Å². The molecule has 0 amide bonds. The molecule has 1 aromatic heterocycles. The van der Waals surface area contributed by atoms with Gasteiger partial charge in [0.25, 0.3) is 0 Å². The van der Waals surface area contributed by atoms with Gasteiger partial charge in [0.1, 0.15) is 4.90 Å². The van der Waals surface area contributed by atoms with Crippen molar-refractivity contribution in [1.29, 1.82) is 5.26 Å².